The number of aryl methyl sites for hydroxylation is 1. The molecule has 132 valence electrons. The summed E-state index contributed by atoms with van der Waals surface area (Å²) < 4.78 is 8.54. The summed E-state index contributed by atoms with van der Waals surface area (Å²) in [6.45, 7) is 4.05. The summed E-state index contributed by atoms with van der Waals surface area (Å²) >= 11 is 0. The normalized spacial score (nSPS) is 11.2. The van der Waals surface area contributed by atoms with Crippen LogP contribution >= 0.6 is 0 Å². The van der Waals surface area contributed by atoms with Crippen LogP contribution in [0, 0.1) is 0 Å². The Morgan fingerprint density at radius 3 is 2.80 bits per heavy atom. The minimum atomic E-state index is -0.0259. The summed E-state index contributed by atoms with van der Waals surface area (Å²) in [5.74, 6) is 1.83. The van der Waals surface area contributed by atoms with Gasteiger partial charge in [-0.1, -0.05) is 0 Å². The first-order valence-corrected chi connectivity index (χ1v) is 8.06. The molecule has 0 aliphatic carbocycles. The average Bonchev–Trinajstić information content (AvgIpc) is 3.25. The molecule has 0 radical (unpaired) electrons. The van der Waals surface area contributed by atoms with Gasteiger partial charge in [0.25, 0.3) is 0 Å². The predicted molar refractivity (Wildman–Crippen MR) is 91.7 cm³/mol. The molecule has 1 amide bonds. The maximum Gasteiger partial charge on any atom is 0.231 e. The average molecular weight is 343 g/mol. The highest BCUT2D eigenvalue weighted by Gasteiger charge is 2.18. The third-order valence-electron chi connectivity index (χ3n) is 3.93. The highest BCUT2D eigenvalue weighted by atomic mass is 16.5. The monoisotopic (exact) mass is 343 g/mol. The molecule has 0 fully saturated rings. The van der Waals surface area contributed by atoms with Gasteiger partial charge in [0.2, 0.25) is 11.8 Å². The number of nitrogens with zero attached hydrogens (tertiary/aromatic N) is 7. The third kappa shape index (κ3) is 3.30. The zero-order valence-corrected chi connectivity index (χ0v) is 14.7. The smallest absolute Gasteiger partial charge is 0.231 e. The first kappa shape index (κ1) is 16.9. The lowest BCUT2D eigenvalue weighted by molar-refractivity contribution is -0.118. The van der Waals surface area contributed by atoms with Crippen LogP contribution in [0.25, 0.3) is 5.65 Å². The van der Waals surface area contributed by atoms with Crippen molar-refractivity contribution in [1.29, 1.82) is 0 Å². The van der Waals surface area contributed by atoms with Crippen molar-refractivity contribution >= 4 is 17.4 Å². The molecule has 0 bridgehead atoms. The van der Waals surface area contributed by atoms with Crippen LogP contribution in [-0.2, 0) is 11.2 Å². The molecule has 0 spiro atoms. The summed E-state index contributed by atoms with van der Waals surface area (Å²) in [5, 5.41) is 16.7. The number of anilines is 1. The van der Waals surface area contributed by atoms with Crippen LogP contribution in [0.2, 0.25) is 0 Å². The Bertz CT molecular complexity index is 884. The fraction of sp³-hybridized carbons (Fsp3) is 0.438. The van der Waals surface area contributed by atoms with Gasteiger partial charge in [-0.15, -0.1) is 15.3 Å². The van der Waals surface area contributed by atoms with Gasteiger partial charge in [-0.2, -0.15) is 9.61 Å². The van der Waals surface area contributed by atoms with Gasteiger partial charge in [0.05, 0.1) is 13.3 Å². The van der Waals surface area contributed by atoms with Gasteiger partial charge in [-0.25, -0.2) is 4.68 Å². The Morgan fingerprint density at radius 2 is 2.08 bits per heavy atom. The quantitative estimate of drug-likeness (QED) is 0.674. The highest BCUT2D eigenvalue weighted by Crippen LogP contribution is 2.18. The van der Waals surface area contributed by atoms with E-state index < -0.39 is 0 Å². The van der Waals surface area contributed by atoms with E-state index in [1.165, 1.54) is 0 Å². The fourth-order valence-corrected chi connectivity index (χ4v) is 2.57. The Morgan fingerprint density at radius 1 is 1.28 bits per heavy atom. The van der Waals surface area contributed by atoms with E-state index in [1.807, 2.05) is 24.6 Å². The van der Waals surface area contributed by atoms with Gasteiger partial charge in [-0.05, 0) is 19.9 Å². The first-order valence-electron chi connectivity index (χ1n) is 8.06. The summed E-state index contributed by atoms with van der Waals surface area (Å²) in [5.41, 5.74) is 0.620. The molecule has 0 unspecified atom stereocenters. The Hall–Kier alpha value is -2.97. The number of hydrogen-bond donors (Lipinski definition) is 0. The minimum absolute atomic E-state index is 0.0259. The van der Waals surface area contributed by atoms with Crippen molar-refractivity contribution in [2.24, 2.45) is 0 Å². The maximum atomic E-state index is 12.6. The van der Waals surface area contributed by atoms with Gasteiger partial charge in [0.15, 0.2) is 11.5 Å². The van der Waals surface area contributed by atoms with Crippen molar-refractivity contribution in [3.8, 4) is 5.88 Å². The standard InChI is InChI=1S/C16H21N7O2/c1-11(2)22-15(9-10-17-22)21(3)16(24)8-6-13-19-18-12-5-7-14(25-4)20-23(12)13/h5,7,9-11H,6,8H2,1-4H3. The number of rotatable bonds is 6. The SMILES string of the molecule is COc1ccc2nnc(CCC(=O)N(C)c3ccnn3C(C)C)n2n1. The van der Waals surface area contributed by atoms with E-state index in [2.05, 4.69) is 20.4 Å². The van der Waals surface area contributed by atoms with E-state index in [0.29, 0.717) is 30.2 Å². The molecular formula is C16H21N7O2. The zero-order valence-electron chi connectivity index (χ0n) is 14.7. The Kier molecular flexibility index (Phi) is 4.64. The van der Waals surface area contributed by atoms with E-state index in [4.69, 9.17) is 4.74 Å². The van der Waals surface area contributed by atoms with Gasteiger partial charge < -0.3 is 9.64 Å². The lowest BCUT2D eigenvalue weighted by Gasteiger charge is -2.20. The largest absolute Gasteiger partial charge is 0.480 e. The molecule has 3 aromatic heterocycles. The van der Waals surface area contributed by atoms with Crippen molar-refractivity contribution in [3.05, 3.63) is 30.2 Å². The highest BCUT2D eigenvalue weighted by molar-refractivity contribution is 5.92. The van der Waals surface area contributed by atoms with Crippen molar-refractivity contribution in [2.45, 2.75) is 32.7 Å². The number of ether oxygens (including phenoxy) is 1. The van der Waals surface area contributed by atoms with E-state index in [9.17, 15) is 4.79 Å². The fourth-order valence-electron chi connectivity index (χ4n) is 2.57. The Labute approximate surface area is 145 Å². The molecule has 3 rings (SSSR count). The summed E-state index contributed by atoms with van der Waals surface area (Å²) in [7, 11) is 3.30. The molecule has 0 N–H and O–H groups in total. The molecule has 0 aliphatic rings. The topological polar surface area (TPSA) is 90.4 Å². The molecule has 0 saturated carbocycles. The van der Waals surface area contributed by atoms with Gasteiger partial charge in [0, 0.05) is 38.1 Å². The predicted octanol–water partition coefficient (Wildman–Crippen LogP) is 1.51. The first-order chi connectivity index (χ1) is 12.0. The zero-order chi connectivity index (χ0) is 18.0. The second-order valence-electron chi connectivity index (χ2n) is 5.94. The lowest BCUT2D eigenvalue weighted by Crippen LogP contribution is -2.29. The van der Waals surface area contributed by atoms with E-state index in [-0.39, 0.29) is 11.9 Å². The van der Waals surface area contributed by atoms with Crippen molar-refractivity contribution < 1.29 is 9.53 Å². The molecule has 3 aromatic rings. The van der Waals surface area contributed by atoms with Crippen LogP contribution < -0.4 is 9.64 Å². The van der Waals surface area contributed by atoms with Crippen LogP contribution in [0.5, 0.6) is 5.88 Å². The molecule has 0 atom stereocenters. The second-order valence-corrected chi connectivity index (χ2v) is 5.94. The maximum absolute atomic E-state index is 12.6. The van der Waals surface area contributed by atoms with Crippen molar-refractivity contribution in [2.75, 3.05) is 19.1 Å². The second kappa shape index (κ2) is 6.88. The molecule has 9 nitrogen and oxygen atoms in total. The number of hydrogen-bond acceptors (Lipinski definition) is 6. The minimum Gasteiger partial charge on any atom is -0.480 e. The summed E-state index contributed by atoms with van der Waals surface area (Å²) in [6, 6.07) is 5.51. The van der Waals surface area contributed by atoms with Gasteiger partial charge in [0.1, 0.15) is 5.82 Å². The van der Waals surface area contributed by atoms with E-state index >= 15 is 0 Å². The molecule has 0 aromatic carbocycles. The van der Waals surface area contributed by atoms with Crippen molar-refractivity contribution in [1.82, 2.24) is 29.6 Å². The molecular weight excluding hydrogens is 322 g/mol. The number of methoxy groups -OCH3 is 1. The molecule has 9 heteroatoms. The summed E-state index contributed by atoms with van der Waals surface area (Å²) in [6.07, 6.45) is 2.42. The van der Waals surface area contributed by atoms with E-state index in [0.717, 1.165) is 5.82 Å². The van der Waals surface area contributed by atoms with Crippen LogP contribution in [0.4, 0.5) is 5.82 Å². The van der Waals surface area contributed by atoms with Gasteiger partial charge in [-0.3, -0.25) is 4.79 Å². The lowest BCUT2D eigenvalue weighted by atomic mass is 10.2. The number of carbonyl (C=O) groups is 1. The van der Waals surface area contributed by atoms with Crippen LogP contribution in [0.3, 0.4) is 0 Å². The number of carbonyl (C=O) groups excluding carboxylic acids is 1. The van der Waals surface area contributed by atoms with Crippen molar-refractivity contribution in [3.63, 3.8) is 0 Å². The Balaban J connectivity index is 1.73. The van der Waals surface area contributed by atoms with Gasteiger partial charge >= 0.3 is 0 Å². The van der Waals surface area contributed by atoms with E-state index in [1.54, 1.807) is 41.9 Å². The number of aromatic nitrogens is 6. The van der Waals surface area contributed by atoms with Crippen LogP contribution in [0.15, 0.2) is 24.4 Å². The molecule has 3 heterocycles. The van der Waals surface area contributed by atoms with Crippen LogP contribution in [-0.4, -0.2) is 49.7 Å². The van der Waals surface area contributed by atoms with Crippen LogP contribution in [0.1, 0.15) is 32.1 Å². The number of amides is 1. The number of fused-ring (bicyclic) bond motifs is 1. The molecule has 0 saturated heterocycles. The molecule has 0 aliphatic heterocycles. The summed E-state index contributed by atoms with van der Waals surface area (Å²) in [4.78, 5) is 14.2. The third-order valence-corrected chi connectivity index (χ3v) is 3.93. The molecule has 25 heavy (non-hydrogen) atoms.